The van der Waals surface area contributed by atoms with Crippen LogP contribution in [0.4, 0.5) is 0 Å². The fourth-order valence-electron chi connectivity index (χ4n) is 3.60. The standard InChI is InChI=1S/C24H31N3O2/c1-5-27(18-20-9-7-6-8-10-20)25-24-11-12-26(16-19(24)2)17-21-13-22(28-3)15-23(14-21)29-4/h5-10,13-15,25H,1,11-12,16-18H2,2-4H3. The van der Waals surface area contributed by atoms with Gasteiger partial charge in [0.2, 0.25) is 0 Å². The molecule has 1 N–H and O–H groups in total. The van der Waals surface area contributed by atoms with E-state index in [0.717, 1.165) is 44.1 Å². The summed E-state index contributed by atoms with van der Waals surface area (Å²) in [6, 6.07) is 16.5. The second-order valence-electron chi connectivity index (χ2n) is 7.35. The van der Waals surface area contributed by atoms with E-state index in [0.29, 0.717) is 0 Å². The third-order valence-corrected chi connectivity index (χ3v) is 5.17. The number of methoxy groups -OCH3 is 2. The van der Waals surface area contributed by atoms with Crippen molar-refractivity contribution in [2.45, 2.75) is 26.4 Å². The van der Waals surface area contributed by atoms with Gasteiger partial charge in [0.15, 0.2) is 0 Å². The van der Waals surface area contributed by atoms with Gasteiger partial charge < -0.3 is 14.9 Å². The van der Waals surface area contributed by atoms with Gasteiger partial charge in [-0.2, -0.15) is 0 Å². The van der Waals surface area contributed by atoms with E-state index >= 15 is 0 Å². The second kappa shape index (κ2) is 10.0. The van der Waals surface area contributed by atoms with Crippen molar-refractivity contribution in [1.29, 1.82) is 0 Å². The maximum atomic E-state index is 5.40. The Morgan fingerprint density at radius 1 is 1.07 bits per heavy atom. The average molecular weight is 394 g/mol. The van der Waals surface area contributed by atoms with Crippen molar-refractivity contribution >= 4 is 0 Å². The van der Waals surface area contributed by atoms with Crippen LogP contribution >= 0.6 is 0 Å². The summed E-state index contributed by atoms with van der Waals surface area (Å²) < 4.78 is 10.8. The van der Waals surface area contributed by atoms with Crippen LogP contribution in [-0.4, -0.2) is 37.2 Å². The van der Waals surface area contributed by atoms with Crippen molar-refractivity contribution in [2.24, 2.45) is 0 Å². The lowest BCUT2D eigenvalue weighted by Gasteiger charge is -2.33. The van der Waals surface area contributed by atoms with E-state index < -0.39 is 0 Å². The monoisotopic (exact) mass is 393 g/mol. The molecule has 0 amide bonds. The lowest BCUT2D eigenvalue weighted by atomic mass is 10.1. The smallest absolute Gasteiger partial charge is 0.122 e. The lowest BCUT2D eigenvalue weighted by Crippen LogP contribution is -2.39. The number of hydrogen-bond acceptors (Lipinski definition) is 5. The molecule has 5 nitrogen and oxygen atoms in total. The second-order valence-corrected chi connectivity index (χ2v) is 7.35. The molecular formula is C24H31N3O2. The Hall–Kier alpha value is -2.92. The molecule has 5 heteroatoms. The summed E-state index contributed by atoms with van der Waals surface area (Å²) in [4.78, 5) is 2.45. The van der Waals surface area contributed by atoms with Crippen LogP contribution < -0.4 is 14.9 Å². The van der Waals surface area contributed by atoms with E-state index in [4.69, 9.17) is 9.47 Å². The van der Waals surface area contributed by atoms with Crippen LogP contribution in [0.15, 0.2) is 72.6 Å². The third-order valence-electron chi connectivity index (χ3n) is 5.17. The van der Waals surface area contributed by atoms with E-state index in [-0.39, 0.29) is 0 Å². The molecule has 154 valence electrons. The minimum Gasteiger partial charge on any atom is -0.497 e. The van der Waals surface area contributed by atoms with Crippen LogP contribution in [-0.2, 0) is 13.1 Å². The molecule has 1 heterocycles. The first-order chi connectivity index (χ1) is 14.1. The third kappa shape index (κ3) is 5.78. The van der Waals surface area contributed by atoms with Gasteiger partial charge in [0.1, 0.15) is 11.5 Å². The molecular weight excluding hydrogens is 362 g/mol. The molecule has 0 atom stereocenters. The van der Waals surface area contributed by atoms with Crippen molar-refractivity contribution < 1.29 is 9.47 Å². The van der Waals surface area contributed by atoms with Crippen molar-refractivity contribution in [3.05, 3.63) is 83.7 Å². The van der Waals surface area contributed by atoms with Gasteiger partial charge in [-0.05, 0) is 35.8 Å². The molecule has 0 bridgehead atoms. The molecule has 2 aromatic rings. The summed E-state index contributed by atoms with van der Waals surface area (Å²) in [5.41, 5.74) is 8.63. The Morgan fingerprint density at radius 2 is 1.76 bits per heavy atom. The number of benzene rings is 2. The molecule has 0 unspecified atom stereocenters. The highest BCUT2D eigenvalue weighted by molar-refractivity contribution is 5.38. The van der Waals surface area contributed by atoms with Crippen LogP contribution in [0.25, 0.3) is 0 Å². The first-order valence-corrected chi connectivity index (χ1v) is 9.94. The van der Waals surface area contributed by atoms with E-state index in [1.807, 2.05) is 18.3 Å². The highest BCUT2D eigenvalue weighted by Gasteiger charge is 2.18. The first-order valence-electron chi connectivity index (χ1n) is 9.94. The summed E-state index contributed by atoms with van der Waals surface area (Å²) in [6.45, 7) is 9.74. The van der Waals surface area contributed by atoms with E-state index in [9.17, 15) is 0 Å². The SMILES string of the molecule is C=CN(Cc1ccccc1)NC1=C(C)CN(Cc2cc(OC)cc(OC)c2)CC1. The zero-order chi connectivity index (χ0) is 20.6. The van der Waals surface area contributed by atoms with Gasteiger partial charge in [0.05, 0.1) is 20.8 Å². The van der Waals surface area contributed by atoms with Crippen LogP contribution in [0, 0.1) is 0 Å². The number of hydrazine groups is 1. The predicted octanol–water partition coefficient (Wildman–Crippen LogP) is 4.33. The first kappa shape index (κ1) is 20.8. The molecule has 0 spiro atoms. The number of ether oxygens (including phenoxy) is 2. The average Bonchev–Trinajstić information content (AvgIpc) is 2.75. The molecule has 0 aromatic heterocycles. The normalized spacial score (nSPS) is 14.4. The Labute approximate surface area is 174 Å². The van der Waals surface area contributed by atoms with Crippen molar-refractivity contribution in [3.8, 4) is 11.5 Å². The number of nitrogens with one attached hydrogen (secondary N) is 1. The Morgan fingerprint density at radius 3 is 2.34 bits per heavy atom. The molecule has 0 radical (unpaired) electrons. The Kier molecular flexibility index (Phi) is 7.19. The van der Waals surface area contributed by atoms with E-state index in [2.05, 4.69) is 65.2 Å². The number of hydrogen-bond donors (Lipinski definition) is 1. The summed E-state index contributed by atoms with van der Waals surface area (Å²) >= 11 is 0. The van der Waals surface area contributed by atoms with Gasteiger partial charge in [-0.25, -0.2) is 0 Å². The molecule has 0 saturated carbocycles. The van der Waals surface area contributed by atoms with Crippen LogP contribution in [0.1, 0.15) is 24.5 Å². The fourth-order valence-corrected chi connectivity index (χ4v) is 3.60. The minimum atomic E-state index is 0.786. The van der Waals surface area contributed by atoms with E-state index in [1.54, 1.807) is 14.2 Å². The molecule has 1 aliphatic heterocycles. The topological polar surface area (TPSA) is 37.0 Å². The Balaban J connectivity index is 1.62. The minimum absolute atomic E-state index is 0.786. The molecule has 0 saturated heterocycles. The van der Waals surface area contributed by atoms with Gasteiger partial charge in [-0.3, -0.25) is 9.91 Å². The van der Waals surface area contributed by atoms with E-state index in [1.165, 1.54) is 22.4 Å². The van der Waals surface area contributed by atoms with Crippen molar-refractivity contribution in [2.75, 3.05) is 27.3 Å². The number of rotatable bonds is 9. The van der Waals surface area contributed by atoms with Gasteiger partial charge in [0, 0.05) is 44.0 Å². The zero-order valence-electron chi connectivity index (χ0n) is 17.6. The molecule has 0 aliphatic carbocycles. The summed E-state index contributed by atoms with van der Waals surface area (Å²) in [5.74, 6) is 1.65. The summed E-state index contributed by atoms with van der Waals surface area (Å²) in [5, 5.41) is 2.05. The maximum absolute atomic E-state index is 5.40. The van der Waals surface area contributed by atoms with Gasteiger partial charge in [-0.1, -0.05) is 36.9 Å². The lowest BCUT2D eigenvalue weighted by molar-refractivity contribution is 0.240. The summed E-state index contributed by atoms with van der Waals surface area (Å²) in [6.07, 6.45) is 2.83. The predicted molar refractivity (Wildman–Crippen MR) is 117 cm³/mol. The van der Waals surface area contributed by atoms with Gasteiger partial charge in [0.25, 0.3) is 0 Å². The zero-order valence-corrected chi connectivity index (χ0v) is 17.6. The molecule has 1 aliphatic rings. The number of nitrogens with zero attached hydrogens (tertiary/aromatic N) is 2. The van der Waals surface area contributed by atoms with Crippen molar-refractivity contribution in [3.63, 3.8) is 0 Å². The van der Waals surface area contributed by atoms with Crippen LogP contribution in [0.2, 0.25) is 0 Å². The fraction of sp³-hybridized carbons (Fsp3) is 0.333. The quantitative estimate of drug-likeness (QED) is 0.642. The highest BCUT2D eigenvalue weighted by atomic mass is 16.5. The molecule has 3 rings (SSSR count). The molecule has 29 heavy (non-hydrogen) atoms. The molecule has 2 aromatic carbocycles. The summed E-state index contributed by atoms with van der Waals surface area (Å²) in [7, 11) is 3.37. The van der Waals surface area contributed by atoms with Crippen molar-refractivity contribution in [1.82, 2.24) is 15.3 Å². The van der Waals surface area contributed by atoms with Crippen LogP contribution in [0.5, 0.6) is 11.5 Å². The largest absolute Gasteiger partial charge is 0.497 e. The van der Waals surface area contributed by atoms with Gasteiger partial charge >= 0.3 is 0 Å². The molecule has 0 fully saturated rings. The Bertz CT molecular complexity index is 826. The van der Waals surface area contributed by atoms with Gasteiger partial charge in [-0.15, -0.1) is 0 Å². The maximum Gasteiger partial charge on any atom is 0.122 e. The highest BCUT2D eigenvalue weighted by Crippen LogP contribution is 2.25. The van der Waals surface area contributed by atoms with Crippen LogP contribution in [0.3, 0.4) is 0 Å².